The molecule has 1 atom stereocenters. The molecule has 1 heterocycles. The first-order chi connectivity index (χ1) is 18.1. The van der Waals surface area contributed by atoms with E-state index < -0.39 is 17.8 Å². The number of nitrogens with one attached hydrogen (secondary N) is 3. The van der Waals surface area contributed by atoms with Gasteiger partial charge in [0.25, 0.3) is 0 Å². The summed E-state index contributed by atoms with van der Waals surface area (Å²) in [5.74, 6) is -0.135. The third-order valence-corrected chi connectivity index (χ3v) is 7.06. The lowest BCUT2D eigenvalue weighted by atomic mass is 9.95. The molecule has 7 nitrogen and oxygen atoms in total. The van der Waals surface area contributed by atoms with Crippen LogP contribution in [0.3, 0.4) is 0 Å². The number of nitrogens with zero attached hydrogens (tertiary/aromatic N) is 1. The highest BCUT2D eigenvalue weighted by molar-refractivity contribution is 6.42. The highest BCUT2D eigenvalue weighted by Crippen LogP contribution is 2.31. The molecule has 1 fully saturated rings. The number of urea groups is 1. The van der Waals surface area contributed by atoms with Crippen molar-refractivity contribution in [3.8, 4) is 0 Å². The largest absolute Gasteiger partial charge is 0.450 e. The minimum Gasteiger partial charge on any atom is -0.450 e. The van der Waals surface area contributed by atoms with Gasteiger partial charge in [-0.1, -0.05) is 35.3 Å². The van der Waals surface area contributed by atoms with Crippen molar-refractivity contribution in [2.75, 3.05) is 38.1 Å². The second-order valence-electron chi connectivity index (χ2n) is 8.99. The maximum absolute atomic E-state index is 13.0. The van der Waals surface area contributed by atoms with E-state index >= 15 is 0 Å². The van der Waals surface area contributed by atoms with Crippen LogP contribution in [-0.4, -0.2) is 55.9 Å². The Morgan fingerprint density at radius 3 is 2.50 bits per heavy atom. The number of anilines is 1. The van der Waals surface area contributed by atoms with E-state index in [2.05, 4.69) is 16.0 Å². The minimum atomic E-state index is -4.50. The molecule has 0 aliphatic carbocycles. The molecule has 1 saturated heterocycles. The van der Waals surface area contributed by atoms with Gasteiger partial charge in [0.05, 0.1) is 22.2 Å². The summed E-state index contributed by atoms with van der Waals surface area (Å²) in [6.45, 7) is 4.23. The highest BCUT2D eigenvalue weighted by atomic mass is 35.5. The second kappa shape index (κ2) is 13.9. The number of benzene rings is 2. The van der Waals surface area contributed by atoms with Gasteiger partial charge in [0.15, 0.2) is 0 Å². The van der Waals surface area contributed by atoms with Crippen molar-refractivity contribution >= 4 is 41.0 Å². The molecule has 208 valence electrons. The van der Waals surface area contributed by atoms with Crippen LogP contribution in [0.5, 0.6) is 0 Å². The normalized spacial score (nSPS) is 15.2. The van der Waals surface area contributed by atoms with Crippen LogP contribution in [-0.2, 0) is 10.9 Å². The van der Waals surface area contributed by atoms with Gasteiger partial charge >= 0.3 is 18.3 Å². The summed E-state index contributed by atoms with van der Waals surface area (Å²) in [6.07, 6.45) is -2.54. The molecule has 1 unspecified atom stereocenters. The van der Waals surface area contributed by atoms with Gasteiger partial charge in [-0.2, -0.15) is 13.2 Å². The predicted octanol–water partition coefficient (Wildman–Crippen LogP) is 6.52. The van der Waals surface area contributed by atoms with E-state index in [9.17, 15) is 22.8 Å². The molecule has 12 heteroatoms. The zero-order chi connectivity index (χ0) is 27.7. The van der Waals surface area contributed by atoms with Crippen LogP contribution in [0, 0.1) is 0 Å². The van der Waals surface area contributed by atoms with Crippen LogP contribution in [0.15, 0.2) is 42.5 Å². The van der Waals surface area contributed by atoms with E-state index in [1.54, 1.807) is 24.0 Å². The number of piperidine rings is 1. The summed E-state index contributed by atoms with van der Waals surface area (Å²) in [5.41, 5.74) is 0.0695. The standard InChI is InChI=1S/C26H31Cl2F3N4O3/c1-2-38-25(37)35-12-9-20(10-13-35)32-11-8-18(17-6-7-22(27)23(28)14-17)16-33-24(36)34-21-5-3-4-19(15-21)26(29,30)31/h3-7,14-15,18,20,32H,2,8-13,16H2,1H3,(H2,33,34,36). The molecule has 0 bridgehead atoms. The first-order valence-corrected chi connectivity index (χ1v) is 13.1. The van der Waals surface area contributed by atoms with Crippen molar-refractivity contribution in [3.05, 3.63) is 63.6 Å². The van der Waals surface area contributed by atoms with Crippen molar-refractivity contribution in [2.24, 2.45) is 0 Å². The lowest BCUT2D eigenvalue weighted by Crippen LogP contribution is -2.45. The number of amides is 3. The van der Waals surface area contributed by atoms with E-state index in [4.69, 9.17) is 27.9 Å². The fourth-order valence-electron chi connectivity index (χ4n) is 4.26. The van der Waals surface area contributed by atoms with Gasteiger partial charge < -0.3 is 25.6 Å². The summed E-state index contributed by atoms with van der Waals surface area (Å²) in [7, 11) is 0. The maximum Gasteiger partial charge on any atom is 0.416 e. The average molecular weight is 575 g/mol. The van der Waals surface area contributed by atoms with Gasteiger partial charge in [0, 0.05) is 37.3 Å². The van der Waals surface area contributed by atoms with Gasteiger partial charge in [-0.05, 0) is 68.6 Å². The number of hydrogen-bond acceptors (Lipinski definition) is 4. The number of ether oxygens (including phenoxy) is 1. The van der Waals surface area contributed by atoms with Crippen LogP contribution in [0.2, 0.25) is 10.0 Å². The first kappa shape index (κ1) is 29.9. The van der Waals surface area contributed by atoms with Gasteiger partial charge in [-0.25, -0.2) is 9.59 Å². The van der Waals surface area contributed by atoms with Gasteiger partial charge in [-0.15, -0.1) is 0 Å². The molecule has 0 spiro atoms. The SMILES string of the molecule is CCOC(=O)N1CCC(NCCC(CNC(=O)Nc2cccc(C(F)(F)F)c2)c2ccc(Cl)c(Cl)c2)CC1. The fourth-order valence-corrected chi connectivity index (χ4v) is 4.57. The summed E-state index contributed by atoms with van der Waals surface area (Å²) < 4.78 is 44.0. The smallest absolute Gasteiger partial charge is 0.416 e. The molecule has 0 radical (unpaired) electrons. The van der Waals surface area contributed by atoms with Crippen LogP contribution in [0.25, 0.3) is 0 Å². The van der Waals surface area contributed by atoms with E-state index in [-0.39, 0.29) is 30.3 Å². The minimum absolute atomic E-state index is 0.0410. The number of rotatable bonds is 9. The van der Waals surface area contributed by atoms with Crippen molar-refractivity contribution < 1.29 is 27.5 Å². The Balaban J connectivity index is 1.55. The number of carbonyl (C=O) groups is 2. The van der Waals surface area contributed by atoms with Gasteiger partial charge in [0.1, 0.15) is 0 Å². The Morgan fingerprint density at radius 2 is 1.84 bits per heavy atom. The molecule has 0 saturated carbocycles. The van der Waals surface area contributed by atoms with Crippen molar-refractivity contribution in [2.45, 2.75) is 44.3 Å². The molecule has 1 aliphatic heterocycles. The number of halogens is 5. The maximum atomic E-state index is 13.0. The van der Waals surface area contributed by atoms with Crippen molar-refractivity contribution in [1.29, 1.82) is 0 Å². The van der Waals surface area contributed by atoms with Crippen molar-refractivity contribution in [1.82, 2.24) is 15.5 Å². The third-order valence-electron chi connectivity index (χ3n) is 6.32. The topological polar surface area (TPSA) is 82.7 Å². The first-order valence-electron chi connectivity index (χ1n) is 12.4. The quantitative estimate of drug-likeness (QED) is 0.318. The summed E-state index contributed by atoms with van der Waals surface area (Å²) >= 11 is 12.3. The van der Waals surface area contributed by atoms with E-state index in [0.717, 1.165) is 30.5 Å². The molecule has 1 aliphatic rings. The summed E-state index contributed by atoms with van der Waals surface area (Å²) in [6, 6.07) is 9.35. The molecular weight excluding hydrogens is 544 g/mol. The number of alkyl halides is 3. The van der Waals surface area contributed by atoms with Crippen LogP contribution >= 0.6 is 23.2 Å². The van der Waals surface area contributed by atoms with E-state index in [1.807, 2.05) is 6.07 Å². The molecule has 38 heavy (non-hydrogen) atoms. The van der Waals surface area contributed by atoms with Crippen molar-refractivity contribution in [3.63, 3.8) is 0 Å². The van der Waals surface area contributed by atoms with Crippen LogP contribution < -0.4 is 16.0 Å². The van der Waals surface area contributed by atoms with Gasteiger partial charge in [-0.3, -0.25) is 0 Å². The molecule has 3 amide bonds. The van der Waals surface area contributed by atoms with Crippen LogP contribution in [0.4, 0.5) is 28.4 Å². The molecule has 0 aromatic heterocycles. The van der Waals surface area contributed by atoms with Crippen LogP contribution in [0.1, 0.15) is 43.2 Å². The molecule has 2 aromatic rings. The van der Waals surface area contributed by atoms with E-state index in [0.29, 0.717) is 42.7 Å². The number of hydrogen-bond donors (Lipinski definition) is 3. The second-order valence-corrected chi connectivity index (χ2v) is 9.80. The summed E-state index contributed by atoms with van der Waals surface area (Å²) in [5, 5.41) is 9.52. The lowest BCUT2D eigenvalue weighted by Gasteiger charge is -2.32. The average Bonchev–Trinajstić information content (AvgIpc) is 2.88. The molecular formula is C26H31Cl2F3N4O3. The predicted molar refractivity (Wildman–Crippen MR) is 142 cm³/mol. The Hall–Kier alpha value is -2.69. The molecule has 3 rings (SSSR count). The van der Waals surface area contributed by atoms with Gasteiger partial charge in [0.2, 0.25) is 0 Å². The monoisotopic (exact) mass is 574 g/mol. The lowest BCUT2D eigenvalue weighted by molar-refractivity contribution is -0.137. The Morgan fingerprint density at radius 1 is 1.11 bits per heavy atom. The Kier molecular flexibility index (Phi) is 10.9. The molecule has 3 N–H and O–H groups in total. The third kappa shape index (κ3) is 8.96. The summed E-state index contributed by atoms with van der Waals surface area (Å²) in [4.78, 5) is 26.1. The zero-order valence-corrected chi connectivity index (χ0v) is 22.4. The zero-order valence-electron chi connectivity index (χ0n) is 20.9. The van der Waals surface area contributed by atoms with E-state index in [1.165, 1.54) is 12.1 Å². The Labute approximate surface area is 230 Å². The highest BCUT2D eigenvalue weighted by Gasteiger charge is 2.30. The fraction of sp³-hybridized carbons (Fsp3) is 0.462. The molecule has 2 aromatic carbocycles. The number of likely N-dealkylation sites (tertiary alicyclic amines) is 1. The number of carbonyl (C=O) groups excluding carboxylic acids is 2. The Bertz CT molecular complexity index is 1100.